The van der Waals surface area contributed by atoms with E-state index in [9.17, 15) is 9.35 Å². The van der Waals surface area contributed by atoms with E-state index in [2.05, 4.69) is 19.7 Å². The maximum absolute atomic E-state index is 12.2. The largest absolute Gasteiger partial charge is 0.611 e. The molecule has 1 N–H and O–H groups in total. The number of carbonyl (C=O) groups excluding carboxylic acids is 1. The second kappa shape index (κ2) is 6.90. The summed E-state index contributed by atoms with van der Waals surface area (Å²) in [5.74, 6) is 0.411. The van der Waals surface area contributed by atoms with Gasteiger partial charge in [0, 0.05) is 12.3 Å². The van der Waals surface area contributed by atoms with E-state index in [1.165, 1.54) is 14.2 Å². The van der Waals surface area contributed by atoms with E-state index in [-0.39, 0.29) is 5.75 Å². The number of hydrogen-bond acceptors (Lipinski definition) is 6. The van der Waals surface area contributed by atoms with Crippen LogP contribution in [0.4, 0.5) is 0 Å². The van der Waals surface area contributed by atoms with Crippen LogP contribution < -0.4 is 4.74 Å². The molecule has 0 aliphatic heterocycles. The molecule has 124 valence electrons. The molecule has 1 atom stereocenters. The zero-order valence-corrected chi connectivity index (χ0v) is 13.9. The monoisotopic (exact) mass is 345 g/mol. The minimum Gasteiger partial charge on any atom is -0.611 e. The molecule has 1 aromatic carbocycles. The van der Waals surface area contributed by atoms with Crippen LogP contribution in [0.5, 0.6) is 5.75 Å². The molecule has 0 saturated heterocycles. The first-order valence-corrected chi connectivity index (χ1v) is 8.37. The summed E-state index contributed by atoms with van der Waals surface area (Å²) in [5.41, 5.74) is 2.33. The number of aromatic nitrogens is 3. The minimum atomic E-state index is -1.50. The van der Waals surface area contributed by atoms with Crippen molar-refractivity contribution < 1.29 is 18.8 Å². The summed E-state index contributed by atoms with van der Waals surface area (Å²) in [4.78, 5) is 23.5. The van der Waals surface area contributed by atoms with Gasteiger partial charge in [-0.3, -0.25) is 4.98 Å². The molecular weight excluding hydrogens is 330 g/mol. The number of pyridine rings is 1. The maximum Gasteiger partial charge on any atom is 0.356 e. The molecule has 24 heavy (non-hydrogen) atoms. The third kappa shape index (κ3) is 3.19. The van der Waals surface area contributed by atoms with Crippen LogP contribution in [0.1, 0.15) is 0 Å². The average Bonchev–Trinajstić information content (AvgIpc) is 3.04. The van der Waals surface area contributed by atoms with Crippen molar-refractivity contribution in [3.63, 3.8) is 0 Å². The lowest BCUT2D eigenvalue weighted by Gasteiger charge is -2.12. The first kappa shape index (κ1) is 16.3. The normalized spacial score (nSPS) is 12.1. The number of carbonyl (C=O) groups is 1. The van der Waals surface area contributed by atoms with Crippen molar-refractivity contribution in [1.82, 2.24) is 15.0 Å². The predicted molar refractivity (Wildman–Crippen MR) is 89.2 cm³/mol. The molecule has 3 rings (SSSR count). The fourth-order valence-electron chi connectivity index (χ4n) is 2.24. The number of nitrogens with one attached hydrogen (secondary N) is 1. The number of hydrogen-bond donors (Lipinski definition) is 1. The summed E-state index contributed by atoms with van der Waals surface area (Å²) in [6.07, 6.45) is 3.35. The number of ether oxygens (including phenoxy) is 2. The fourth-order valence-corrected chi connectivity index (χ4v) is 3.20. The number of imidazole rings is 1. The van der Waals surface area contributed by atoms with E-state index >= 15 is 0 Å². The molecule has 8 heteroatoms. The van der Waals surface area contributed by atoms with Crippen molar-refractivity contribution in [1.29, 1.82) is 0 Å². The predicted octanol–water partition coefficient (Wildman–Crippen LogP) is 1.91. The highest BCUT2D eigenvalue weighted by Gasteiger charge is 2.20. The Balaban J connectivity index is 1.96. The van der Waals surface area contributed by atoms with Crippen molar-refractivity contribution >= 4 is 28.2 Å². The van der Waals surface area contributed by atoms with Crippen molar-refractivity contribution in [2.24, 2.45) is 0 Å². The van der Waals surface area contributed by atoms with Gasteiger partial charge in [-0.25, -0.2) is 9.78 Å². The van der Waals surface area contributed by atoms with Gasteiger partial charge in [0.2, 0.25) is 5.75 Å². The maximum atomic E-state index is 12.2. The number of benzene rings is 1. The number of rotatable bonds is 5. The van der Waals surface area contributed by atoms with E-state index in [0.717, 1.165) is 16.6 Å². The molecule has 0 aliphatic rings. The van der Waals surface area contributed by atoms with Gasteiger partial charge in [-0.2, -0.15) is 0 Å². The van der Waals surface area contributed by atoms with Gasteiger partial charge in [0.15, 0.2) is 4.90 Å². The minimum absolute atomic E-state index is 0.199. The van der Waals surface area contributed by atoms with Gasteiger partial charge in [0.25, 0.3) is 0 Å². The van der Waals surface area contributed by atoms with E-state index in [0.29, 0.717) is 16.5 Å². The highest BCUT2D eigenvalue weighted by Crippen LogP contribution is 2.31. The molecule has 0 aliphatic carbocycles. The van der Waals surface area contributed by atoms with Crippen LogP contribution in [0.2, 0.25) is 0 Å². The average molecular weight is 345 g/mol. The van der Waals surface area contributed by atoms with Crippen LogP contribution in [0, 0.1) is 0 Å². The van der Waals surface area contributed by atoms with E-state index in [1.807, 2.05) is 6.07 Å². The van der Waals surface area contributed by atoms with Gasteiger partial charge in [0.1, 0.15) is 17.1 Å². The fraction of sp³-hybridized carbons (Fsp3) is 0.188. The lowest BCUT2D eigenvalue weighted by atomic mass is 10.2. The molecule has 0 fully saturated rings. The molecule has 0 radical (unpaired) electrons. The lowest BCUT2D eigenvalue weighted by Crippen LogP contribution is -2.17. The summed E-state index contributed by atoms with van der Waals surface area (Å²) in [6.45, 7) is 0. The summed E-state index contributed by atoms with van der Waals surface area (Å²) in [5, 5.41) is 0. The highest BCUT2D eigenvalue weighted by molar-refractivity contribution is 7.92. The van der Waals surface area contributed by atoms with Gasteiger partial charge >= 0.3 is 5.97 Å². The Hall–Kier alpha value is -2.58. The zero-order chi connectivity index (χ0) is 17.1. The standard InChI is InChI=1S/C16H15N3O4S/c1-22-14-7-10(24(21)9-15(20)23-2)3-4-11(14)16-18-12-5-6-17-8-13(12)19-16/h3-8H,9H2,1-2H3,(H,18,19). The smallest absolute Gasteiger partial charge is 0.356 e. The lowest BCUT2D eigenvalue weighted by molar-refractivity contribution is -0.137. The van der Waals surface area contributed by atoms with E-state index in [1.54, 1.807) is 30.6 Å². The van der Waals surface area contributed by atoms with Crippen LogP contribution in [-0.2, 0) is 20.7 Å². The Morgan fingerprint density at radius 2 is 2.17 bits per heavy atom. The zero-order valence-electron chi connectivity index (χ0n) is 13.1. The van der Waals surface area contributed by atoms with Crippen LogP contribution in [-0.4, -0.2) is 45.4 Å². The number of aromatic amines is 1. The van der Waals surface area contributed by atoms with Gasteiger partial charge in [-0.1, -0.05) is 0 Å². The first-order valence-electron chi connectivity index (χ1n) is 7.05. The van der Waals surface area contributed by atoms with Crippen molar-refractivity contribution in [2.75, 3.05) is 20.0 Å². The van der Waals surface area contributed by atoms with E-state index in [4.69, 9.17) is 4.74 Å². The second-order valence-corrected chi connectivity index (χ2v) is 6.36. The Morgan fingerprint density at radius 1 is 1.33 bits per heavy atom. The Kier molecular flexibility index (Phi) is 4.68. The quantitative estimate of drug-likeness (QED) is 0.560. The molecule has 0 saturated carbocycles. The van der Waals surface area contributed by atoms with Gasteiger partial charge < -0.3 is 19.0 Å². The second-order valence-electron chi connectivity index (χ2n) is 4.91. The van der Waals surface area contributed by atoms with E-state index < -0.39 is 17.1 Å². The number of esters is 1. The summed E-state index contributed by atoms with van der Waals surface area (Å²) < 4.78 is 22.1. The first-order chi connectivity index (χ1) is 11.6. The molecule has 2 aromatic heterocycles. The van der Waals surface area contributed by atoms with Gasteiger partial charge in [0.05, 0.1) is 31.5 Å². The summed E-state index contributed by atoms with van der Waals surface area (Å²) >= 11 is -1.50. The van der Waals surface area contributed by atoms with Gasteiger partial charge in [-0.05, 0) is 29.4 Å². The van der Waals surface area contributed by atoms with Crippen molar-refractivity contribution in [3.8, 4) is 17.1 Å². The topological polar surface area (TPSA) is 100 Å². The molecule has 1 unspecified atom stereocenters. The van der Waals surface area contributed by atoms with Crippen LogP contribution >= 0.6 is 0 Å². The number of nitrogens with zero attached hydrogens (tertiary/aromatic N) is 2. The van der Waals surface area contributed by atoms with Crippen LogP contribution in [0.3, 0.4) is 0 Å². The van der Waals surface area contributed by atoms with Crippen molar-refractivity contribution in [3.05, 3.63) is 36.7 Å². The Bertz CT molecular complexity index is 848. The van der Waals surface area contributed by atoms with Crippen LogP contribution in [0.15, 0.2) is 41.6 Å². The SMILES string of the molecule is COC(=O)C[S+]([O-])c1ccc(-c2nc3cnccc3[nH]2)c(OC)c1. The third-order valence-corrected chi connectivity index (χ3v) is 4.73. The molecule has 0 amide bonds. The summed E-state index contributed by atoms with van der Waals surface area (Å²) in [7, 11) is 2.79. The number of H-pyrrole nitrogens is 1. The van der Waals surface area contributed by atoms with Crippen molar-refractivity contribution in [2.45, 2.75) is 4.90 Å². The molecular formula is C16H15N3O4S. The highest BCUT2D eigenvalue weighted by atomic mass is 32.2. The Morgan fingerprint density at radius 3 is 2.88 bits per heavy atom. The number of methoxy groups -OCH3 is 2. The molecule has 0 bridgehead atoms. The number of fused-ring (bicyclic) bond motifs is 1. The third-order valence-electron chi connectivity index (χ3n) is 3.45. The van der Waals surface area contributed by atoms with Crippen LogP contribution in [0.25, 0.3) is 22.4 Å². The summed E-state index contributed by atoms with van der Waals surface area (Å²) in [6, 6.07) is 6.91. The molecule has 0 spiro atoms. The van der Waals surface area contributed by atoms with Gasteiger partial charge in [-0.15, -0.1) is 0 Å². The molecule has 3 aromatic rings. The molecule has 7 nitrogen and oxygen atoms in total. The molecule has 2 heterocycles. The Labute approximate surface area is 141 Å².